The smallest absolute Gasteiger partial charge is 0.144 e. The first-order valence-corrected chi connectivity index (χ1v) is 6.84. The van der Waals surface area contributed by atoms with Crippen LogP contribution in [0.25, 0.3) is 0 Å². The van der Waals surface area contributed by atoms with Crippen molar-refractivity contribution in [2.75, 3.05) is 0 Å². The quantitative estimate of drug-likeness (QED) is 0.781. The standard InChI is InChI=1S/C14H20N2O/c1-2-7-16-8-6-15-13(16)9-12(17)14-10-4-3-5-11(10)14/h6,8,10-11,14H,2-5,7,9H2,1H3. The summed E-state index contributed by atoms with van der Waals surface area (Å²) < 4.78 is 2.12. The zero-order valence-electron chi connectivity index (χ0n) is 10.4. The predicted octanol–water partition coefficient (Wildman–Crippen LogP) is 2.45. The van der Waals surface area contributed by atoms with Crippen molar-refractivity contribution in [1.82, 2.24) is 9.55 Å². The molecule has 1 aromatic heterocycles. The number of Topliss-reactive ketones (excluding diaryl/α,β-unsaturated/α-hetero) is 1. The molecule has 2 aliphatic carbocycles. The highest BCUT2D eigenvalue weighted by molar-refractivity contribution is 5.86. The molecule has 2 saturated carbocycles. The van der Waals surface area contributed by atoms with Gasteiger partial charge in [-0.15, -0.1) is 0 Å². The van der Waals surface area contributed by atoms with Crippen molar-refractivity contribution in [2.45, 2.75) is 45.6 Å². The highest BCUT2D eigenvalue weighted by atomic mass is 16.1. The van der Waals surface area contributed by atoms with E-state index in [4.69, 9.17) is 0 Å². The number of carbonyl (C=O) groups is 1. The Morgan fingerprint density at radius 3 is 2.94 bits per heavy atom. The molecule has 2 fully saturated rings. The van der Waals surface area contributed by atoms with Gasteiger partial charge in [-0.05, 0) is 31.1 Å². The van der Waals surface area contributed by atoms with Crippen molar-refractivity contribution in [3.8, 4) is 0 Å². The summed E-state index contributed by atoms with van der Waals surface area (Å²) in [5, 5.41) is 0. The first-order valence-electron chi connectivity index (χ1n) is 6.84. The molecule has 2 aliphatic rings. The van der Waals surface area contributed by atoms with Crippen molar-refractivity contribution < 1.29 is 4.79 Å². The molecular weight excluding hydrogens is 212 g/mol. The van der Waals surface area contributed by atoms with E-state index in [1.54, 1.807) is 0 Å². The van der Waals surface area contributed by atoms with Crippen molar-refractivity contribution >= 4 is 5.78 Å². The molecule has 1 heterocycles. The Hall–Kier alpha value is -1.12. The van der Waals surface area contributed by atoms with Crippen LogP contribution in [0.1, 0.15) is 38.4 Å². The highest BCUT2D eigenvalue weighted by Gasteiger charge is 2.55. The molecule has 0 saturated heterocycles. The van der Waals surface area contributed by atoms with Crippen molar-refractivity contribution in [3.63, 3.8) is 0 Å². The van der Waals surface area contributed by atoms with Crippen molar-refractivity contribution in [3.05, 3.63) is 18.2 Å². The van der Waals surface area contributed by atoms with Crippen LogP contribution in [0.3, 0.4) is 0 Å². The van der Waals surface area contributed by atoms with Gasteiger partial charge in [-0.1, -0.05) is 13.3 Å². The summed E-state index contributed by atoms with van der Waals surface area (Å²) in [5.74, 6) is 3.25. The lowest BCUT2D eigenvalue weighted by atomic mass is 10.1. The van der Waals surface area contributed by atoms with Crippen LogP contribution in [-0.2, 0) is 17.8 Å². The van der Waals surface area contributed by atoms with E-state index < -0.39 is 0 Å². The fourth-order valence-electron chi connectivity index (χ4n) is 3.52. The Balaban J connectivity index is 1.63. The second kappa shape index (κ2) is 4.28. The van der Waals surface area contributed by atoms with E-state index in [-0.39, 0.29) is 0 Å². The number of rotatable bonds is 5. The molecule has 0 spiro atoms. The highest BCUT2D eigenvalue weighted by Crippen LogP contribution is 2.58. The lowest BCUT2D eigenvalue weighted by molar-refractivity contribution is -0.120. The monoisotopic (exact) mass is 232 g/mol. The normalized spacial score (nSPS) is 30.3. The Labute approximate surface area is 102 Å². The van der Waals surface area contributed by atoms with Crippen LogP contribution in [0.4, 0.5) is 0 Å². The molecule has 0 bridgehead atoms. The molecule has 3 nitrogen and oxygen atoms in total. The second-order valence-electron chi connectivity index (χ2n) is 5.46. The Morgan fingerprint density at radius 2 is 2.24 bits per heavy atom. The largest absolute Gasteiger partial charge is 0.335 e. The third kappa shape index (κ3) is 1.92. The molecular formula is C14H20N2O. The van der Waals surface area contributed by atoms with Gasteiger partial charge in [-0.2, -0.15) is 0 Å². The van der Waals surface area contributed by atoms with Crippen LogP contribution in [0.15, 0.2) is 12.4 Å². The van der Waals surface area contributed by atoms with E-state index in [9.17, 15) is 4.79 Å². The summed E-state index contributed by atoms with van der Waals surface area (Å²) in [6.45, 7) is 3.12. The van der Waals surface area contributed by atoms with Gasteiger partial charge >= 0.3 is 0 Å². The lowest BCUT2D eigenvalue weighted by Gasteiger charge is -2.06. The summed E-state index contributed by atoms with van der Waals surface area (Å²) in [7, 11) is 0. The number of hydrogen-bond acceptors (Lipinski definition) is 2. The minimum absolute atomic E-state index is 0.385. The molecule has 0 amide bonds. The van der Waals surface area contributed by atoms with Crippen LogP contribution in [0.2, 0.25) is 0 Å². The predicted molar refractivity (Wildman–Crippen MR) is 65.6 cm³/mol. The number of nitrogens with zero attached hydrogens (tertiary/aromatic N) is 2. The summed E-state index contributed by atoms with van der Waals surface area (Å²) in [6, 6.07) is 0. The van der Waals surface area contributed by atoms with Gasteiger partial charge in [0.25, 0.3) is 0 Å². The number of fused-ring (bicyclic) bond motifs is 1. The van der Waals surface area contributed by atoms with Gasteiger partial charge in [-0.25, -0.2) is 4.98 Å². The van der Waals surface area contributed by atoms with Gasteiger partial charge in [0.2, 0.25) is 0 Å². The topological polar surface area (TPSA) is 34.9 Å². The summed E-state index contributed by atoms with van der Waals surface area (Å²) in [5.41, 5.74) is 0. The molecule has 92 valence electrons. The van der Waals surface area contributed by atoms with Gasteiger partial charge in [-0.3, -0.25) is 4.79 Å². The summed E-state index contributed by atoms with van der Waals surface area (Å²) in [4.78, 5) is 16.5. The molecule has 0 aromatic carbocycles. The molecule has 0 N–H and O–H groups in total. The number of carbonyl (C=O) groups excluding carboxylic acids is 1. The Bertz CT molecular complexity index is 414. The second-order valence-corrected chi connectivity index (χ2v) is 5.46. The average Bonchev–Trinajstić information content (AvgIpc) is 2.68. The number of aromatic nitrogens is 2. The van der Waals surface area contributed by atoms with E-state index in [0.29, 0.717) is 18.1 Å². The first-order chi connectivity index (χ1) is 8.31. The number of imidazole rings is 1. The minimum atomic E-state index is 0.385. The van der Waals surface area contributed by atoms with E-state index in [1.165, 1.54) is 19.3 Å². The van der Waals surface area contributed by atoms with Gasteiger partial charge in [0, 0.05) is 24.9 Å². The maximum absolute atomic E-state index is 12.2. The van der Waals surface area contributed by atoms with E-state index in [1.807, 2.05) is 12.4 Å². The molecule has 0 radical (unpaired) electrons. The fourth-order valence-corrected chi connectivity index (χ4v) is 3.52. The third-order valence-electron chi connectivity index (χ3n) is 4.38. The van der Waals surface area contributed by atoms with Gasteiger partial charge in [0.1, 0.15) is 11.6 Å². The average molecular weight is 232 g/mol. The lowest BCUT2D eigenvalue weighted by Crippen LogP contribution is -2.13. The third-order valence-corrected chi connectivity index (χ3v) is 4.38. The zero-order chi connectivity index (χ0) is 11.8. The zero-order valence-corrected chi connectivity index (χ0v) is 10.4. The summed E-state index contributed by atoms with van der Waals surface area (Å²) in [6.07, 6.45) is 9.33. The molecule has 17 heavy (non-hydrogen) atoms. The van der Waals surface area contributed by atoms with Gasteiger partial charge in [0.15, 0.2) is 0 Å². The minimum Gasteiger partial charge on any atom is -0.335 e. The number of hydrogen-bond donors (Lipinski definition) is 0. The molecule has 3 heteroatoms. The van der Waals surface area contributed by atoms with Crippen molar-refractivity contribution in [2.24, 2.45) is 17.8 Å². The maximum Gasteiger partial charge on any atom is 0.144 e. The summed E-state index contributed by atoms with van der Waals surface area (Å²) >= 11 is 0. The first kappa shape index (κ1) is 11.0. The van der Waals surface area contributed by atoms with E-state index in [0.717, 1.165) is 30.6 Å². The SMILES string of the molecule is CCCn1ccnc1CC(=O)C1C2CCCC21. The van der Waals surface area contributed by atoms with Crippen molar-refractivity contribution in [1.29, 1.82) is 0 Å². The van der Waals surface area contributed by atoms with Crippen LogP contribution < -0.4 is 0 Å². The van der Waals surface area contributed by atoms with E-state index in [2.05, 4.69) is 16.5 Å². The molecule has 1 aromatic rings. The Kier molecular flexibility index (Phi) is 2.77. The Morgan fingerprint density at radius 1 is 1.47 bits per heavy atom. The molecule has 2 atom stereocenters. The number of ketones is 1. The van der Waals surface area contributed by atoms with Crippen LogP contribution in [0, 0.1) is 17.8 Å². The van der Waals surface area contributed by atoms with E-state index >= 15 is 0 Å². The molecule has 3 rings (SSSR count). The fraction of sp³-hybridized carbons (Fsp3) is 0.714. The van der Waals surface area contributed by atoms with Crippen LogP contribution >= 0.6 is 0 Å². The maximum atomic E-state index is 12.2. The van der Waals surface area contributed by atoms with Crippen LogP contribution in [-0.4, -0.2) is 15.3 Å². The van der Waals surface area contributed by atoms with Crippen LogP contribution in [0.5, 0.6) is 0 Å². The molecule has 0 aliphatic heterocycles. The van der Waals surface area contributed by atoms with Gasteiger partial charge < -0.3 is 4.57 Å². The molecule has 2 unspecified atom stereocenters. The van der Waals surface area contributed by atoms with Gasteiger partial charge in [0.05, 0.1) is 6.42 Å². The number of aryl methyl sites for hydroxylation is 1.